The minimum Gasteiger partial charge on any atom is -0.497 e. The summed E-state index contributed by atoms with van der Waals surface area (Å²) in [4.78, 5) is 4.42. The monoisotopic (exact) mass is 343 g/mol. The summed E-state index contributed by atoms with van der Waals surface area (Å²) in [5.41, 5.74) is 2.00. The molecule has 0 aliphatic carbocycles. The van der Waals surface area contributed by atoms with E-state index in [-0.39, 0.29) is 6.04 Å². The average Bonchev–Trinajstić information content (AvgIpc) is 3.09. The number of hydrogen-bond acceptors (Lipinski definition) is 5. The number of hydrogen-bond donors (Lipinski definition) is 1. The molecule has 6 heteroatoms. The topological polar surface area (TPSA) is 60.2 Å². The lowest BCUT2D eigenvalue weighted by Gasteiger charge is -2.12. The molecule has 1 N–H and O–H groups in total. The third-order valence-electron chi connectivity index (χ3n) is 3.73. The Morgan fingerprint density at radius 1 is 1.21 bits per heavy atom. The second-order valence-electron chi connectivity index (χ2n) is 5.40. The van der Waals surface area contributed by atoms with Crippen LogP contribution in [0.1, 0.15) is 24.4 Å². The van der Waals surface area contributed by atoms with E-state index < -0.39 is 0 Å². The van der Waals surface area contributed by atoms with Crippen LogP contribution in [0.3, 0.4) is 0 Å². The van der Waals surface area contributed by atoms with Gasteiger partial charge in [-0.05, 0) is 36.8 Å². The summed E-state index contributed by atoms with van der Waals surface area (Å²) in [6.45, 7) is 2.56. The zero-order chi connectivity index (χ0) is 16.9. The maximum atomic E-state index is 5.91. The van der Waals surface area contributed by atoms with Crippen molar-refractivity contribution < 1.29 is 9.26 Å². The first-order chi connectivity index (χ1) is 11.7. The smallest absolute Gasteiger partial charge is 0.240 e. The number of nitrogens with zero attached hydrogens (tertiary/aromatic N) is 2. The summed E-state index contributed by atoms with van der Waals surface area (Å²) in [7, 11) is 1.63. The summed E-state index contributed by atoms with van der Waals surface area (Å²) in [5, 5.41) is 8.11. The van der Waals surface area contributed by atoms with Gasteiger partial charge >= 0.3 is 0 Å². The summed E-state index contributed by atoms with van der Waals surface area (Å²) in [5.74, 6) is 1.84. The quantitative estimate of drug-likeness (QED) is 0.725. The zero-order valence-electron chi connectivity index (χ0n) is 13.5. The van der Waals surface area contributed by atoms with Crippen molar-refractivity contribution in [2.45, 2.75) is 19.5 Å². The Balaban J connectivity index is 1.64. The maximum absolute atomic E-state index is 5.91. The number of methoxy groups -OCH3 is 1. The van der Waals surface area contributed by atoms with Crippen LogP contribution in [0.15, 0.2) is 53.1 Å². The van der Waals surface area contributed by atoms with E-state index >= 15 is 0 Å². The molecule has 0 saturated heterocycles. The molecule has 0 aliphatic rings. The van der Waals surface area contributed by atoms with Gasteiger partial charge in [0.05, 0.1) is 13.7 Å². The Morgan fingerprint density at radius 2 is 2.00 bits per heavy atom. The molecule has 3 rings (SSSR count). The normalized spacial score (nSPS) is 12.1. The Hall–Kier alpha value is -2.37. The molecule has 24 heavy (non-hydrogen) atoms. The number of halogens is 1. The molecule has 0 bridgehead atoms. The standard InChI is InChI=1S/C18H18ClN3O2/c1-12(13-6-8-15(19)9-7-13)20-11-17-21-18(22-24-17)14-4-3-5-16(10-14)23-2/h3-10,12,20H,11H2,1-2H3. The van der Waals surface area contributed by atoms with E-state index in [1.807, 2.05) is 48.5 Å². The molecule has 0 radical (unpaired) electrons. The number of nitrogens with one attached hydrogen (secondary N) is 1. The van der Waals surface area contributed by atoms with Gasteiger partial charge in [-0.25, -0.2) is 0 Å². The highest BCUT2D eigenvalue weighted by molar-refractivity contribution is 6.30. The van der Waals surface area contributed by atoms with Crippen LogP contribution in [0.5, 0.6) is 5.75 Å². The summed E-state index contributed by atoms with van der Waals surface area (Å²) in [6, 6.07) is 15.5. The number of ether oxygens (including phenoxy) is 1. The van der Waals surface area contributed by atoms with Gasteiger partial charge in [0.25, 0.3) is 0 Å². The Kier molecular flexibility index (Phi) is 5.13. The molecule has 1 heterocycles. The van der Waals surface area contributed by atoms with Crippen molar-refractivity contribution in [3.05, 3.63) is 65.0 Å². The third-order valence-corrected chi connectivity index (χ3v) is 3.98. The van der Waals surface area contributed by atoms with E-state index in [0.717, 1.165) is 21.9 Å². The van der Waals surface area contributed by atoms with E-state index in [2.05, 4.69) is 22.4 Å². The minimum atomic E-state index is 0.148. The first kappa shape index (κ1) is 16.5. The highest BCUT2D eigenvalue weighted by Gasteiger charge is 2.11. The van der Waals surface area contributed by atoms with Crippen molar-refractivity contribution in [1.82, 2.24) is 15.5 Å². The Bertz CT molecular complexity index is 802. The lowest BCUT2D eigenvalue weighted by atomic mass is 10.1. The molecule has 0 amide bonds. The molecule has 5 nitrogen and oxygen atoms in total. The van der Waals surface area contributed by atoms with Crippen LogP contribution < -0.4 is 10.1 Å². The van der Waals surface area contributed by atoms with Gasteiger partial charge in [-0.1, -0.05) is 41.0 Å². The fraction of sp³-hybridized carbons (Fsp3) is 0.222. The first-order valence-corrected chi connectivity index (χ1v) is 7.99. The van der Waals surface area contributed by atoms with Gasteiger partial charge in [-0.3, -0.25) is 0 Å². The van der Waals surface area contributed by atoms with Gasteiger partial charge in [0.1, 0.15) is 5.75 Å². The van der Waals surface area contributed by atoms with E-state index in [4.69, 9.17) is 20.9 Å². The predicted molar refractivity (Wildman–Crippen MR) is 93.0 cm³/mol. The van der Waals surface area contributed by atoms with Gasteiger partial charge in [-0.15, -0.1) is 0 Å². The van der Waals surface area contributed by atoms with E-state index in [0.29, 0.717) is 18.3 Å². The van der Waals surface area contributed by atoms with Crippen LogP contribution in [-0.4, -0.2) is 17.3 Å². The van der Waals surface area contributed by atoms with Crippen LogP contribution >= 0.6 is 11.6 Å². The second-order valence-corrected chi connectivity index (χ2v) is 5.83. The fourth-order valence-corrected chi connectivity index (χ4v) is 2.44. The first-order valence-electron chi connectivity index (χ1n) is 7.61. The highest BCUT2D eigenvalue weighted by atomic mass is 35.5. The maximum Gasteiger partial charge on any atom is 0.240 e. The van der Waals surface area contributed by atoms with E-state index in [9.17, 15) is 0 Å². The molecule has 124 valence electrons. The van der Waals surface area contributed by atoms with Crippen molar-refractivity contribution in [3.8, 4) is 17.1 Å². The van der Waals surface area contributed by atoms with Crippen molar-refractivity contribution >= 4 is 11.6 Å². The Labute approximate surface area is 145 Å². The van der Waals surface area contributed by atoms with Crippen LogP contribution in [0.4, 0.5) is 0 Å². The molecule has 0 aliphatic heterocycles. The molecule has 1 aromatic heterocycles. The molecular formula is C18H18ClN3O2. The lowest BCUT2D eigenvalue weighted by Crippen LogP contribution is -2.18. The zero-order valence-corrected chi connectivity index (χ0v) is 14.2. The SMILES string of the molecule is COc1cccc(-c2noc(CNC(C)c3ccc(Cl)cc3)n2)c1. The van der Waals surface area contributed by atoms with Crippen molar-refractivity contribution in [3.63, 3.8) is 0 Å². The summed E-state index contributed by atoms with van der Waals surface area (Å²) >= 11 is 5.91. The van der Waals surface area contributed by atoms with Crippen molar-refractivity contribution in [1.29, 1.82) is 0 Å². The van der Waals surface area contributed by atoms with Crippen molar-refractivity contribution in [2.75, 3.05) is 7.11 Å². The largest absolute Gasteiger partial charge is 0.497 e. The summed E-state index contributed by atoms with van der Waals surface area (Å²) in [6.07, 6.45) is 0. The molecule has 1 unspecified atom stereocenters. The minimum absolute atomic E-state index is 0.148. The molecular weight excluding hydrogens is 326 g/mol. The van der Waals surface area contributed by atoms with Gasteiger partial charge in [-0.2, -0.15) is 4.98 Å². The van der Waals surface area contributed by atoms with Crippen LogP contribution in [0.25, 0.3) is 11.4 Å². The Morgan fingerprint density at radius 3 is 2.75 bits per heavy atom. The summed E-state index contributed by atoms with van der Waals surface area (Å²) < 4.78 is 10.5. The van der Waals surface area contributed by atoms with Crippen LogP contribution in [0.2, 0.25) is 5.02 Å². The lowest BCUT2D eigenvalue weighted by molar-refractivity contribution is 0.360. The molecule has 0 fully saturated rings. The van der Waals surface area contributed by atoms with Gasteiger partial charge < -0.3 is 14.6 Å². The fourth-order valence-electron chi connectivity index (χ4n) is 2.32. The molecule has 3 aromatic rings. The molecule has 0 spiro atoms. The number of aromatic nitrogens is 2. The van der Waals surface area contributed by atoms with Crippen LogP contribution in [-0.2, 0) is 6.54 Å². The van der Waals surface area contributed by atoms with Gasteiger partial charge in [0.2, 0.25) is 11.7 Å². The highest BCUT2D eigenvalue weighted by Crippen LogP contribution is 2.21. The van der Waals surface area contributed by atoms with E-state index in [1.165, 1.54) is 0 Å². The van der Waals surface area contributed by atoms with E-state index in [1.54, 1.807) is 7.11 Å². The average molecular weight is 344 g/mol. The third kappa shape index (κ3) is 3.93. The van der Waals surface area contributed by atoms with Gasteiger partial charge in [0, 0.05) is 16.6 Å². The second kappa shape index (κ2) is 7.47. The van der Waals surface area contributed by atoms with Crippen LogP contribution in [0, 0.1) is 0 Å². The molecule has 2 aromatic carbocycles. The van der Waals surface area contributed by atoms with Crippen molar-refractivity contribution in [2.24, 2.45) is 0 Å². The number of rotatable bonds is 6. The molecule has 0 saturated carbocycles. The number of benzene rings is 2. The predicted octanol–water partition coefficient (Wildman–Crippen LogP) is 4.25. The molecule has 1 atom stereocenters. The van der Waals surface area contributed by atoms with Gasteiger partial charge in [0.15, 0.2) is 0 Å².